The molecule has 1 fully saturated rings. The maximum atomic E-state index is 14.3. The number of anilines is 1. The highest BCUT2D eigenvalue weighted by atomic mass is 19.1. The summed E-state index contributed by atoms with van der Waals surface area (Å²) in [6.07, 6.45) is 1.64. The Bertz CT molecular complexity index is 1280. The normalized spacial score (nSPS) is 19.1. The van der Waals surface area contributed by atoms with Crippen molar-refractivity contribution in [2.75, 3.05) is 18.0 Å². The number of piperazine rings is 1. The van der Waals surface area contributed by atoms with Gasteiger partial charge in [0.1, 0.15) is 28.9 Å². The van der Waals surface area contributed by atoms with E-state index in [0.29, 0.717) is 41.9 Å². The fraction of sp³-hybridized carbons (Fsp3) is 0.400. The van der Waals surface area contributed by atoms with Crippen molar-refractivity contribution in [3.63, 3.8) is 0 Å². The van der Waals surface area contributed by atoms with Crippen molar-refractivity contribution in [3.05, 3.63) is 69.6 Å². The smallest absolute Gasteiger partial charge is 0.252 e. The van der Waals surface area contributed by atoms with Gasteiger partial charge in [-0.15, -0.1) is 0 Å². The van der Waals surface area contributed by atoms with Crippen molar-refractivity contribution in [2.24, 2.45) is 7.05 Å². The molecule has 2 atom stereocenters. The van der Waals surface area contributed by atoms with Crippen LogP contribution in [-0.4, -0.2) is 39.6 Å². The van der Waals surface area contributed by atoms with E-state index >= 15 is 0 Å². The van der Waals surface area contributed by atoms with E-state index in [4.69, 9.17) is 0 Å². The van der Waals surface area contributed by atoms with E-state index in [2.05, 4.69) is 34.7 Å². The van der Waals surface area contributed by atoms with Crippen molar-refractivity contribution in [2.45, 2.75) is 45.3 Å². The van der Waals surface area contributed by atoms with Crippen LogP contribution < -0.4 is 10.5 Å². The number of fused-ring (bicyclic) bond motifs is 1. The standard InChI is InChI=1S/C25H27F2N5O/c1-4-19-15-32(20(5-2)14-31(19)13-16-6-7-17(26)10-21(16)27)23-11-24(33)30(3)22-9-8-18(12-28)29-25(22)23/h6-11,19-20H,4-5,13-15H2,1-3H3/t19?,20-/m0/s1. The number of nitriles is 1. The lowest BCUT2D eigenvalue weighted by Gasteiger charge is -2.47. The number of rotatable bonds is 5. The summed E-state index contributed by atoms with van der Waals surface area (Å²) in [5.74, 6) is -1.12. The van der Waals surface area contributed by atoms with E-state index in [1.54, 1.807) is 29.8 Å². The first-order chi connectivity index (χ1) is 15.9. The van der Waals surface area contributed by atoms with Crippen LogP contribution in [0.4, 0.5) is 14.5 Å². The lowest BCUT2D eigenvalue weighted by molar-refractivity contribution is 0.135. The predicted molar refractivity (Wildman–Crippen MR) is 124 cm³/mol. The Balaban J connectivity index is 1.73. The molecule has 0 amide bonds. The van der Waals surface area contributed by atoms with Crippen molar-refractivity contribution in [1.82, 2.24) is 14.5 Å². The van der Waals surface area contributed by atoms with Crippen molar-refractivity contribution in [1.29, 1.82) is 5.26 Å². The summed E-state index contributed by atoms with van der Waals surface area (Å²) in [6, 6.07) is 11.0. The van der Waals surface area contributed by atoms with Gasteiger partial charge in [-0.2, -0.15) is 5.26 Å². The van der Waals surface area contributed by atoms with Crippen LogP contribution >= 0.6 is 0 Å². The summed E-state index contributed by atoms with van der Waals surface area (Å²) in [6.45, 7) is 5.86. The second kappa shape index (κ2) is 9.28. The van der Waals surface area contributed by atoms with E-state index in [0.717, 1.165) is 24.6 Å². The second-order valence-electron chi connectivity index (χ2n) is 8.54. The molecule has 33 heavy (non-hydrogen) atoms. The van der Waals surface area contributed by atoms with Gasteiger partial charge >= 0.3 is 0 Å². The first kappa shape index (κ1) is 22.9. The molecule has 1 aromatic carbocycles. The van der Waals surface area contributed by atoms with Gasteiger partial charge in [-0.1, -0.05) is 19.9 Å². The highest BCUT2D eigenvalue weighted by Crippen LogP contribution is 2.31. The van der Waals surface area contributed by atoms with E-state index in [1.807, 2.05) is 0 Å². The second-order valence-corrected chi connectivity index (χ2v) is 8.54. The molecule has 1 aliphatic heterocycles. The molecule has 4 rings (SSSR count). The molecule has 1 unspecified atom stereocenters. The number of pyridine rings is 2. The van der Waals surface area contributed by atoms with Gasteiger partial charge in [-0.05, 0) is 31.0 Å². The third-order valence-corrected chi connectivity index (χ3v) is 6.63. The summed E-state index contributed by atoms with van der Waals surface area (Å²) < 4.78 is 29.2. The number of benzene rings is 1. The van der Waals surface area contributed by atoms with E-state index in [9.17, 15) is 18.8 Å². The molecule has 0 N–H and O–H groups in total. The molecule has 0 saturated carbocycles. The number of halogens is 2. The Morgan fingerprint density at radius 2 is 1.85 bits per heavy atom. The van der Waals surface area contributed by atoms with Crippen LogP contribution in [0.15, 0.2) is 41.2 Å². The molecule has 0 radical (unpaired) electrons. The Morgan fingerprint density at radius 1 is 1.09 bits per heavy atom. The number of aromatic nitrogens is 2. The number of nitrogens with zero attached hydrogens (tertiary/aromatic N) is 5. The molecule has 3 aromatic rings. The number of aryl methyl sites for hydroxylation is 1. The Labute approximate surface area is 191 Å². The van der Waals surface area contributed by atoms with Crippen LogP contribution in [0.3, 0.4) is 0 Å². The largest absolute Gasteiger partial charge is 0.364 e. The zero-order valence-corrected chi connectivity index (χ0v) is 19.1. The van der Waals surface area contributed by atoms with Gasteiger partial charge < -0.3 is 9.47 Å². The predicted octanol–water partition coefficient (Wildman–Crippen LogP) is 3.96. The molecule has 3 heterocycles. The average Bonchev–Trinajstić information content (AvgIpc) is 2.82. The summed E-state index contributed by atoms with van der Waals surface area (Å²) in [7, 11) is 1.70. The molecule has 0 spiro atoms. The van der Waals surface area contributed by atoms with Gasteiger partial charge in [-0.25, -0.2) is 13.8 Å². The molecular weight excluding hydrogens is 424 g/mol. The van der Waals surface area contributed by atoms with E-state index < -0.39 is 11.6 Å². The van der Waals surface area contributed by atoms with Crippen LogP contribution in [0.1, 0.15) is 37.9 Å². The first-order valence-corrected chi connectivity index (χ1v) is 11.2. The average molecular weight is 452 g/mol. The Morgan fingerprint density at radius 3 is 2.52 bits per heavy atom. The minimum absolute atomic E-state index is 0.0687. The third kappa shape index (κ3) is 4.33. The molecule has 0 bridgehead atoms. The third-order valence-electron chi connectivity index (χ3n) is 6.63. The summed E-state index contributed by atoms with van der Waals surface area (Å²) in [5, 5.41) is 9.36. The fourth-order valence-corrected chi connectivity index (χ4v) is 4.70. The zero-order valence-electron chi connectivity index (χ0n) is 19.1. The highest BCUT2D eigenvalue weighted by Gasteiger charge is 2.34. The summed E-state index contributed by atoms with van der Waals surface area (Å²) >= 11 is 0. The number of hydrogen-bond acceptors (Lipinski definition) is 5. The van der Waals surface area contributed by atoms with Gasteiger partial charge in [0, 0.05) is 56.5 Å². The van der Waals surface area contributed by atoms with Gasteiger partial charge in [0.2, 0.25) is 0 Å². The molecular formula is C25H27F2N5O. The molecule has 0 aliphatic carbocycles. The van der Waals surface area contributed by atoms with Crippen molar-refractivity contribution < 1.29 is 8.78 Å². The molecule has 6 nitrogen and oxygen atoms in total. The molecule has 172 valence electrons. The summed E-state index contributed by atoms with van der Waals surface area (Å²) in [5.41, 5.74) is 2.66. The fourth-order valence-electron chi connectivity index (χ4n) is 4.70. The van der Waals surface area contributed by atoms with Crippen LogP contribution in [0.2, 0.25) is 0 Å². The van der Waals surface area contributed by atoms with Crippen LogP contribution in [-0.2, 0) is 13.6 Å². The maximum absolute atomic E-state index is 14.3. The quantitative estimate of drug-likeness (QED) is 0.588. The van der Waals surface area contributed by atoms with Crippen molar-refractivity contribution in [3.8, 4) is 6.07 Å². The zero-order chi connectivity index (χ0) is 23.7. The summed E-state index contributed by atoms with van der Waals surface area (Å²) in [4.78, 5) is 21.7. The van der Waals surface area contributed by atoms with Gasteiger partial charge in [0.15, 0.2) is 0 Å². The minimum atomic E-state index is -0.582. The van der Waals surface area contributed by atoms with Crippen LogP contribution in [0.25, 0.3) is 11.0 Å². The van der Waals surface area contributed by atoms with Crippen LogP contribution in [0.5, 0.6) is 0 Å². The minimum Gasteiger partial charge on any atom is -0.364 e. The van der Waals surface area contributed by atoms with E-state index in [-0.39, 0.29) is 17.6 Å². The topological polar surface area (TPSA) is 65.2 Å². The Kier molecular flexibility index (Phi) is 6.43. The first-order valence-electron chi connectivity index (χ1n) is 11.2. The van der Waals surface area contributed by atoms with Gasteiger partial charge in [0.25, 0.3) is 5.56 Å². The SMILES string of the molecule is CCC1CN(c2cc(=O)n(C)c3ccc(C#N)nc23)[C@@H](CC)CN1Cc1ccc(F)cc1F. The maximum Gasteiger partial charge on any atom is 0.252 e. The lowest BCUT2D eigenvalue weighted by Crippen LogP contribution is -2.58. The Hall–Kier alpha value is -3.31. The molecule has 1 saturated heterocycles. The molecule has 2 aromatic heterocycles. The van der Waals surface area contributed by atoms with Gasteiger partial charge in [-0.3, -0.25) is 9.69 Å². The van der Waals surface area contributed by atoms with Gasteiger partial charge in [0.05, 0.1) is 11.2 Å². The van der Waals surface area contributed by atoms with E-state index in [1.165, 1.54) is 12.1 Å². The molecule has 8 heteroatoms. The highest BCUT2D eigenvalue weighted by molar-refractivity contribution is 5.89. The monoisotopic (exact) mass is 451 g/mol. The lowest BCUT2D eigenvalue weighted by atomic mass is 10.00. The molecule has 1 aliphatic rings. The van der Waals surface area contributed by atoms with Crippen molar-refractivity contribution >= 4 is 16.7 Å². The van der Waals surface area contributed by atoms with Crippen LogP contribution in [0, 0.1) is 23.0 Å². The number of hydrogen-bond donors (Lipinski definition) is 0.